The molecule has 0 spiro atoms. The van der Waals surface area contributed by atoms with Crippen molar-refractivity contribution >= 4 is 24.0 Å². The standard InChI is InChI=1S/C21H22N2O6/c1-22-21(26)23-20(25)19(15-7-5-4-6-8-15)29-18(24)12-10-14-9-11-16(27-2)17(13-14)28-3/h4-13,19H,1-3H3,(H2,22,23,25,26)/b12-10+/t19-/m1/s1. The van der Waals surface area contributed by atoms with E-state index in [4.69, 9.17) is 14.2 Å². The molecule has 1 atom stereocenters. The summed E-state index contributed by atoms with van der Waals surface area (Å²) >= 11 is 0. The van der Waals surface area contributed by atoms with E-state index < -0.39 is 24.0 Å². The first-order valence-electron chi connectivity index (χ1n) is 8.66. The number of hydrogen-bond acceptors (Lipinski definition) is 6. The minimum absolute atomic E-state index is 0.432. The fourth-order valence-corrected chi connectivity index (χ4v) is 2.42. The van der Waals surface area contributed by atoms with E-state index in [2.05, 4.69) is 10.6 Å². The summed E-state index contributed by atoms with van der Waals surface area (Å²) in [6.07, 6.45) is 1.42. The molecule has 8 heteroatoms. The second-order valence-electron chi connectivity index (χ2n) is 5.74. The van der Waals surface area contributed by atoms with Crippen LogP contribution in [0.3, 0.4) is 0 Å². The van der Waals surface area contributed by atoms with Gasteiger partial charge in [-0.2, -0.15) is 0 Å². The van der Waals surface area contributed by atoms with Crippen LogP contribution < -0.4 is 20.1 Å². The van der Waals surface area contributed by atoms with Crippen molar-refractivity contribution in [1.82, 2.24) is 10.6 Å². The van der Waals surface area contributed by atoms with E-state index in [1.165, 1.54) is 33.4 Å². The molecule has 0 saturated heterocycles. The number of rotatable bonds is 7. The average Bonchev–Trinajstić information content (AvgIpc) is 2.76. The number of imide groups is 1. The minimum Gasteiger partial charge on any atom is -0.493 e. The van der Waals surface area contributed by atoms with Gasteiger partial charge in [-0.3, -0.25) is 10.1 Å². The van der Waals surface area contributed by atoms with Crippen LogP contribution in [0, 0.1) is 0 Å². The summed E-state index contributed by atoms with van der Waals surface area (Å²) in [6, 6.07) is 12.8. The molecule has 0 bridgehead atoms. The van der Waals surface area contributed by atoms with Crippen molar-refractivity contribution in [3.05, 3.63) is 65.7 Å². The van der Waals surface area contributed by atoms with Crippen LogP contribution in [0.2, 0.25) is 0 Å². The van der Waals surface area contributed by atoms with E-state index in [0.29, 0.717) is 22.6 Å². The van der Waals surface area contributed by atoms with Gasteiger partial charge in [-0.15, -0.1) is 0 Å². The zero-order valence-corrected chi connectivity index (χ0v) is 16.3. The fraction of sp³-hybridized carbons (Fsp3) is 0.190. The van der Waals surface area contributed by atoms with Gasteiger partial charge in [-0.25, -0.2) is 9.59 Å². The molecule has 29 heavy (non-hydrogen) atoms. The molecule has 0 aliphatic heterocycles. The summed E-state index contributed by atoms with van der Waals surface area (Å²) in [5.74, 6) is -0.443. The topological polar surface area (TPSA) is 103 Å². The Labute approximate surface area is 168 Å². The van der Waals surface area contributed by atoms with Crippen molar-refractivity contribution < 1.29 is 28.6 Å². The Kier molecular flexibility index (Phi) is 7.78. The molecule has 3 amide bonds. The molecule has 0 aliphatic carbocycles. The summed E-state index contributed by atoms with van der Waals surface area (Å²) in [6.45, 7) is 0. The van der Waals surface area contributed by atoms with Crippen LogP contribution in [-0.4, -0.2) is 39.2 Å². The van der Waals surface area contributed by atoms with E-state index in [0.717, 1.165) is 0 Å². The molecule has 2 N–H and O–H groups in total. The van der Waals surface area contributed by atoms with Gasteiger partial charge in [0.05, 0.1) is 14.2 Å². The summed E-state index contributed by atoms with van der Waals surface area (Å²) in [4.78, 5) is 36.1. The van der Waals surface area contributed by atoms with E-state index in [1.54, 1.807) is 48.5 Å². The summed E-state index contributed by atoms with van der Waals surface area (Å²) in [5.41, 5.74) is 1.10. The molecule has 0 unspecified atom stereocenters. The largest absolute Gasteiger partial charge is 0.493 e. The van der Waals surface area contributed by atoms with Crippen molar-refractivity contribution in [2.75, 3.05) is 21.3 Å². The number of nitrogens with one attached hydrogen (secondary N) is 2. The highest BCUT2D eigenvalue weighted by molar-refractivity contribution is 5.98. The third-order valence-electron chi connectivity index (χ3n) is 3.86. The second kappa shape index (κ2) is 10.5. The number of ether oxygens (including phenoxy) is 3. The average molecular weight is 398 g/mol. The molecular formula is C21H22N2O6. The number of amides is 3. The monoisotopic (exact) mass is 398 g/mol. The van der Waals surface area contributed by atoms with Crippen molar-refractivity contribution in [3.63, 3.8) is 0 Å². The lowest BCUT2D eigenvalue weighted by atomic mass is 10.1. The van der Waals surface area contributed by atoms with Gasteiger partial charge < -0.3 is 19.5 Å². The van der Waals surface area contributed by atoms with Gasteiger partial charge in [0.25, 0.3) is 5.91 Å². The Morgan fingerprint density at radius 3 is 2.28 bits per heavy atom. The van der Waals surface area contributed by atoms with Crippen molar-refractivity contribution in [2.45, 2.75) is 6.10 Å². The Hall–Kier alpha value is -3.81. The molecule has 0 aromatic heterocycles. The van der Waals surface area contributed by atoms with E-state index >= 15 is 0 Å². The number of benzene rings is 2. The normalized spacial score (nSPS) is 11.4. The molecule has 8 nitrogen and oxygen atoms in total. The van der Waals surface area contributed by atoms with Crippen LogP contribution in [0.4, 0.5) is 4.79 Å². The van der Waals surface area contributed by atoms with Crippen LogP contribution in [-0.2, 0) is 14.3 Å². The zero-order chi connectivity index (χ0) is 21.2. The molecule has 152 valence electrons. The van der Waals surface area contributed by atoms with Gasteiger partial charge >= 0.3 is 12.0 Å². The minimum atomic E-state index is -1.28. The lowest BCUT2D eigenvalue weighted by Gasteiger charge is -2.16. The van der Waals surface area contributed by atoms with Crippen LogP contribution in [0.5, 0.6) is 11.5 Å². The van der Waals surface area contributed by atoms with Crippen molar-refractivity contribution in [2.24, 2.45) is 0 Å². The fourth-order valence-electron chi connectivity index (χ4n) is 2.42. The highest BCUT2D eigenvalue weighted by Crippen LogP contribution is 2.28. The van der Waals surface area contributed by atoms with Crippen molar-refractivity contribution in [1.29, 1.82) is 0 Å². The highest BCUT2D eigenvalue weighted by Gasteiger charge is 2.25. The molecule has 0 aliphatic rings. The van der Waals surface area contributed by atoms with E-state index in [-0.39, 0.29) is 0 Å². The Morgan fingerprint density at radius 2 is 1.66 bits per heavy atom. The molecule has 0 radical (unpaired) electrons. The number of hydrogen-bond donors (Lipinski definition) is 2. The molecule has 2 rings (SSSR count). The van der Waals surface area contributed by atoms with Crippen LogP contribution >= 0.6 is 0 Å². The highest BCUT2D eigenvalue weighted by atomic mass is 16.5. The van der Waals surface area contributed by atoms with Gasteiger partial charge in [0.15, 0.2) is 11.5 Å². The van der Waals surface area contributed by atoms with Crippen molar-refractivity contribution in [3.8, 4) is 11.5 Å². The maximum absolute atomic E-state index is 12.4. The number of esters is 1. The molecular weight excluding hydrogens is 376 g/mol. The third kappa shape index (κ3) is 6.10. The maximum atomic E-state index is 12.4. The van der Waals surface area contributed by atoms with Gasteiger partial charge in [-0.1, -0.05) is 36.4 Å². The predicted octanol–water partition coefficient (Wildman–Crippen LogP) is 2.46. The van der Waals surface area contributed by atoms with Crippen LogP contribution in [0.1, 0.15) is 17.2 Å². The summed E-state index contributed by atoms with van der Waals surface area (Å²) in [5, 5.41) is 4.39. The van der Waals surface area contributed by atoms with E-state index in [1.807, 2.05) is 0 Å². The first-order valence-corrected chi connectivity index (χ1v) is 8.66. The maximum Gasteiger partial charge on any atom is 0.331 e. The Bertz CT molecular complexity index is 895. The lowest BCUT2D eigenvalue weighted by Crippen LogP contribution is -2.41. The summed E-state index contributed by atoms with van der Waals surface area (Å²) < 4.78 is 15.7. The Balaban J connectivity index is 2.16. The zero-order valence-electron chi connectivity index (χ0n) is 16.3. The molecule has 0 fully saturated rings. The van der Waals surface area contributed by atoms with Gasteiger partial charge in [0, 0.05) is 18.7 Å². The smallest absolute Gasteiger partial charge is 0.331 e. The number of methoxy groups -OCH3 is 2. The first-order chi connectivity index (χ1) is 14.0. The van der Waals surface area contributed by atoms with Crippen LogP contribution in [0.15, 0.2) is 54.6 Å². The SMILES string of the molecule is CNC(=O)NC(=O)[C@H](OC(=O)/C=C/c1ccc(OC)c(OC)c1)c1ccccc1. The van der Waals surface area contributed by atoms with Gasteiger partial charge in [0.2, 0.25) is 6.10 Å². The van der Waals surface area contributed by atoms with Gasteiger partial charge in [0.1, 0.15) is 0 Å². The first kappa shape index (κ1) is 21.5. The lowest BCUT2D eigenvalue weighted by molar-refractivity contribution is -0.151. The predicted molar refractivity (Wildman–Crippen MR) is 106 cm³/mol. The number of carbonyl (C=O) groups is 3. The quantitative estimate of drug-likeness (QED) is 0.549. The molecule has 2 aromatic carbocycles. The second-order valence-corrected chi connectivity index (χ2v) is 5.74. The van der Waals surface area contributed by atoms with Crippen LogP contribution in [0.25, 0.3) is 6.08 Å². The Morgan fingerprint density at radius 1 is 0.966 bits per heavy atom. The molecule has 0 saturated carbocycles. The number of urea groups is 1. The molecule has 0 heterocycles. The third-order valence-corrected chi connectivity index (χ3v) is 3.86. The van der Waals surface area contributed by atoms with Gasteiger partial charge in [-0.05, 0) is 23.8 Å². The summed E-state index contributed by atoms with van der Waals surface area (Å²) in [7, 11) is 4.41. The number of carbonyl (C=O) groups excluding carboxylic acids is 3. The molecule has 2 aromatic rings. The van der Waals surface area contributed by atoms with E-state index in [9.17, 15) is 14.4 Å².